The highest BCUT2D eigenvalue weighted by atomic mass is 15.3. The van der Waals surface area contributed by atoms with Crippen LogP contribution in [0.3, 0.4) is 0 Å². The molecule has 0 aliphatic carbocycles. The number of hydrogen-bond donors (Lipinski definition) is 2. The van der Waals surface area contributed by atoms with Crippen LogP contribution >= 0.6 is 0 Å². The van der Waals surface area contributed by atoms with Gasteiger partial charge in [-0.3, -0.25) is 0 Å². The predicted octanol–water partition coefficient (Wildman–Crippen LogP) is 0.568. The molecule has 7 nitrogen and oxygen atoms in total. The second kappa shape index (κ2) is 7.05. The number of hydrogen-bond acceptors (Lipinski definition) is 7. The van der Waals surface area contributed by atoms with Gasteiger partial charge in [0.15, 0.2) is 0 Å². The molecule has 0 atom stereocenters. The van der Waals surface area contributed by atoms with Crippen molar-refractivity contribution in [3.63, 3.8) is 0 Å². The molecule has 0 fully saturated rings. The third-order valence-corrected chi connectivity index (χ3v) is 2.38. The molecule has 0 aliphatic heterocycles. The number of anilines is 2. The van der Waals surface area contributed by atoms with Crippen molar-refractivity contribution < 1.29 is 0 Å². The molecule has 18 heavy (non-hydrogen) atoms. The first-order valence-electron chi connectivity index (χ1n) is 5.57. The van der Waals surface area contributed by atoms with Gasteiger partial charge >= 0.3 is 0 Å². The summed E-state index contributed by atoms with van der Waals surface area (Å²) in [5.74, 6) is 6.53. The average Bonchev–Trinajstić information content (AvgIpc) is 2.39. The Morgan fingerprint density at radius 3 is 2.50 bits per heavy atom. The lowest BCUT2D eigenvalue weighted by Gasteiger charge is -2.21. The fourth-order valence-corrected chi connectivity index (χ4v) is 1.66. The van der Waals surface area contributed by atoms with Gasteiger partial charge in [0.25, 0.3) is 0 Å². The van der Waals surface area contributed by atoms with Crippen molar-refractivity contribution in [1.29, 1.82) is 10.5 Å². The maximum Gasteiger partial charge on any atom is 0.148 e. The number of nitrogens with two attached hydrogens (primary N) is 1. The highest BCUT2D eigenvalue weighted by Gasteiger charge is 2.16. The Kier molecular flexibility index (Phi) is 5.36. The molecular formula is C11H15N7. The first kappa shape index (κ1) is 13.7. The maximum atomic E-state index is 8.79. The monoisotopic (exact) mass is 245 g/mol. The zero-order chi connectivity index (χ0) is 13.4. The van der Waals surface area contributed by atoms with Gasteiger partial charge in [0.05, 0.1) is 12.1 Å². The summed E-state index contributed by atoms with van der Waals surface area (Å²) in [6.45, 7) is 2.23. The van der Waals surface area contributed by atoms with Crippen molar-refractivity contribution in [2.75, 3.05) is 23.4 Å². The molecule has 1 rings (SSSR count). The minimum absolute atomic E-state index is 0.102. The van der Waals surface area contributed by atoms with Gasteiger partial charge in [0.1, 0.15) is 31.1 Å². The van der Waals surface area contributed by atoms with E-state index < -0.39 is 0 Å². The summed E-state index contributed by atoms with van der Waals surface area (Å²) in [6.07, 6.45) is 2.98. The van der Waals surface area contributed by atoms with E-state index in [0.29, 0.717) is 11.6 Å². The molecule has 0 amide bonds. The summed E-state index contributed by atoms with van der Waals surface area (Å²) in [4.78, 5) is 9.80. The van der Waals surface area contributed by atoms with Crippen LogP contribution in [0.4, 0.5) is 11.6 Å². The van der Waals surface area contributed by atoms with E-state index in [1.54, 1.807) is 4.90 Å². The van der Waals surface area contributed by atoms with Gasteiger partial charge in [-0.1, -0.05) is 13.3 Å². The largest absolute Gasteiger partial charge is 0.330 e. The van der Waals surface area contributed by atoms with Crippen molar-refractivity contribution in [2.45, 2.75) is 19.8 Å². The lowest BCUT2D eigenvalue weighted by Crippen LogP contribution is -2.27. The topological polar surface area (TPSA) is 115 Å². The molecule has 1 aromatic heterocycles. The van der Waals surface area contributed by atoms with E-state index in [-0.39, 0.29) is 13.1 Å². The third-order valence-electron chi connectivity index (χ3n) is 2.38. The molecule has 0 bridgehead atoms. The Labute approximate surface area is 106 Å². The lowest BCUT2D eigenvalue weighted by atomic mass is 10.1. The minimum atomic E-state index is 0.102. The summed E-state index contributed by atoms with van der Waals surface area (Å²) in [5.41, 5.74) is 3.34. The van der Waals surface area contributed by atoms with Crippen LogP contribution in [0.2, 0.25) is 0 Å². The predicted molar refractivity (Wildman–Crippen MR) is 67.3 cm³/mol. The number of nitrogens with one attached hydrogen (secondary N) is 1. The average molecular weight is 245 g/mol. The quantitative estimate of drug-likeness (QED) is 0.427. The molecule has 0 radical (unpaired) electrons. The summed E-state index contributed by atoms with van der Waals surface area (Å²) in [7, 11) is 0. The number of hydrazine groups is 1. The summed E-state index contributed by atoms with van der Waals surface area (Å²) < 4.78 is 0. The first-order chi connectivity index (χ1) is 8.78. The number of nitrogens with zero attached hydrogens (tertiary/aromatic N) is 5. The molecule has 0 aromatic carbocycles. The molecule has 0 saturated heterocycles. The number of nitrogen functional groups attached to an aromatic ring is 1. The standard InChI is InChI=1S/C11H15N7/c1-2-3-9-10(17-14)15-8-16-11(9)18(6-4-12)7-5-13/h8H,2-3,6-7,14H2,1H3,(H,15,16,17). The summed E-state index contributed by atoms with van der Waals surface area (Å²) in [6, 6.07) is 4.04. The second-order valence-corrected chi connectivity index (χ2v) is 3.59. The van der Waals surface area contributed by atoms with Gasteiger partial charge in [0.2, 0.25) is 0 Å². The van der Waals surface area contributed by atoms with Crippen LogP contribution in [0.1, 0.15) is 18.9 Å². The van der Waals surface area contributed by atoms with Gasteiger partial charge in [-0.2, -0.15) is 10.5 Å². The van der Waals surface area contributed by atoms with Crippen molar-refractivity contribution >= 4 is 11.6 Å². The van der Waals surface area contributed by atoms with Crippen molar-refractivity contribution in [1.82, 2.24) is 9.97 Å². The molecule has 94 valence electrons. The fourth-order valence-electron chi connectivity index (χ4n) is 1.66. The fraction of sp³-hybridized carbons (Fsp3) is 0.455. The van der Waals surface area contributed by atoms with Gasteiger partial charge in [-0.25, -0.2) is 15.8 Å². The van der Waals surface area contributed by atoms with E-state index in [0.717, 1.165) is 18.4 Å². The third kappa shape index (κ3) is 3.06. The van der Waals surface area contributed by atoms with E-state index >= 15 is 0 Å². The summed E-state index contributed by atoms with van der Waals surface area (Å²) in [5, 5.41) is 17.6. The number of nitriles is 2. The Morgan fingerprint density at radius 1 is 1.33 bits per heavy atom. The lowest BCUT2D eigenvalue weighted by molar-refractivity contribution is 0.858. The Bertz CT molecular complexity index is 455. The SMILES string of the molecule is CCCc1c(NN)ncnc1N(CC#N)CC#N. The maximum absolute atomic E-state index is 8.79. The van der Waals surface area contributed by atoms with E-state index in [1.807, 2.05) is 19.1 Å². The summed E-state index contributed by atoms with van der Waals surface area (Å²) >= 11 is 0. The van der Waals surface area contributed by atoms with E-state index in [2.05, 4.69) is 15.4 Å². The molecule has 0 spiro atoms. The molecule has 3 N–H and O–H groups in total. The zero-order valence-corrected chi connectivity index (χ0v) is 10.2. The molecule has 7 heteroatoms. The van der Waals surface area contributed by atoms with Gasteiger partial charge < -0.3 is 10.3 Å². The van der Waals surface area contributed by atoms with E-state index in [9.17, 15) is 0 Å². The molecule has 1 aromatic rings. The number of rotatable bonds is 6. The van der Waals surface area contributed by atoms with Crippen LogP contribution in [-0.2, 0) is 6.42 Å². The van der Waals surface area contributed by atoms with Crippen LogP contribution in [-0.4, -0.2) is 23.1 Å². The van der Waals surface area contributed by atoms with Crippen molar-refractivity contribution in [3.8, 4) is 12.1 Å². The Hall–Kier alpha value is -2.38. The smallest absolute Gasteiger partial charge is 0.148 e. The molecule has 0 aliphatic rings. The van der Waals surface area contributed by atoms with Crippen LogP contribution in [0.5, 0.6) is 0 Å². The molecule has 0 saturated carbocycles. The van der Waals surface area contributed by atoms with Gasteiger partial charge in [-0.05, 0) is 6.42 Å². The normalized spacial score (nSPS) is 9.33. The van der Waals surface area contributed by atoms with Crippen molar-refractivity contribution in [2.24, 2.45) is 5.84 Å². The zero-order valence-electron chi connectivity index (χ0n) is 10.2. The molecule has 1 heterocycles. The highest BCUT2D eigenvalue weighted by molar-refractivity contribution is 5.59. The van der Waals surface area contributed by atoms with Crippen LogP contribution in [0, 0.1) is 22.7 Å². The van der Waals surface area contributed by atoms with Crippen LogP contribution in [0.25, 0.3) is 0 Å². The Morgan fingerprint density at radius 2 is 2.00 bits per heavy atom. The molecular weight excluding hydrogens is 230 g/mol. The highest BCUT2D eigenvalue weighted by Crippen LogP contribution is 2.24. The first-order valence-corrected chi connectivity index (χ1v) is 5.57. The van der Waals surface area contributed by atoms with Crippen molar-refractivity contribution in [3.05, 3.63) is 11.9 Å². The minimum Gasteiger partial charge on any atom is -0.330 e. The van der Waals surface area contributed by atoms with Gasteiger partial charge in [0, 0.05) is 5.56 Å². The van der Waals surface area contributed by atoms with Gasteiger partial charge in [-0.15, -0.1) is 0 Å². The molecule has 0 unspecified atom stereocenters. The second-order valence-electron chi connectivity index (χ2n) is 3.59. The van der Waals surface area contributed by atoms with E-state index in [4.69, 9.17) is 16.4 Å². The van der Waals surface area contributed by atoms with E-state index in [1.165, 1.54) is 6.33 Å². The van der Waals surface area contributed by atoms with Crippen LogP contribution in [0.15, 0.2) is 6.33 Å². The van der Waals surface area contributed by atoms with Crippen LogP contribution < -0.4 is 16.2 Å². The Balaban J connectivity index is 3.20. The number of aromatic nitrogens is 2.